The minimum atomic E-state index is -1.44. The van der Waals surface area contributed by atoms with E-state index in [0.717, 1.165) is 67.3 Å². The van der Waals surface area contributed by atoms with Crippen molar-refractivity contribution in [3.63, 3.8) is 0 Å². The minimum Gasteiger partial charge on any atom is -0.491 e. The van der Waals surface area contributed by atoms with Gasteiger partial charge in [-0.15, -0.1) is 0 Å². The van der Waals surface area contributed by atoms with Crippen LogP contribution in [0.5, 0.6) is 5.75 Å². The highest BCUT2D eigenvalue weighted by Crippen LogP contribution is 2.43. The molecule has 1 aromatic heterocycles. The van der Waals surface area contributed by atoms with Crippen LogP contribution in [0, 0.1) is 25.7 Å². The van der Waals surface area contributed by atoms with Crippen molar-refractivity contribution in [2.45, 2.75) is 90.9 Å². The highest BCUT2D eigenvalue weighted by molar-refractivity contribution is 7.84. The molecule has 7 nitrogen and oxygen atoms in total. The second kappa shape index (κ2) is 18.7. The van der Waals surface area contributed by atoms with Crippen molar-refractivity contribution in [3.05, 3.63) is 99.9 Å². The number of hydrogen-bond acceptors (Lipinski definition) is 6. The Morgan fingerprint density at radius 2 is 1.94 bits per heavy atom. The number of methoxy groups -OCH3 is 1. The molecule has 1 aliphatic heterocycles. The van der Waals surface area contributed by atoms with E-state index in [4.69, 9.17) is 21.1 Å². The summed E-state index contributed by atoms with van der Waals surface area (Å²) in [5, 5.41) is 0.590. The summed E-state index contributed by atoms with van der Waals surface area (Å²) >= 11 is 6.40. The number of fused-ring (bicyclic) bond motifs is 1. The molecule has 2 aromatic carbocycles. The lowest BCUT2D eigenvalue weighted by atomic mass is 9.70. The van der Waals surface area contributed by atoms with Crippen molar-refractivity contribution >= 4 is 34.2 Å². The van der Waals surface area contributed by atoms with Gasteiger partial charge in [-0.25, -0.2) is 4.21 Å². The quantitative estimate of drug-likeness (QED) is 0.190. The molecule has 0 radical (unpaired) electrons. The fourth-order valence-electron chi connectivity index (χ4n) is 6.61. The fourth-order valence-corrected chi connectivity index (χ4v) is 7.34. The summed E-state index contributed by atoms with van der Waals surface area (Å²) in [6.07, 6.45) is 11.6. The number of anilines is 1. The Kier molecular flexibility index (Phi) is 14.7. The number of aryl methyl sites for hydroxylation is 3. The van der Waals surface area contributed by atoms with E-state index in [9.17, 15) is 9.00 Å². The van der Waals surface area contributed by atoms with E-state index in [1.807, 2.05) is 51.2 Å². The number of hydrogen-bond donors (Lipinski definition) is 1. The maximum Gasteiger partial charge on any atom is 0.263 e. The Labute approximate surface area is 301 Å². The summed E-state index contributed by atoms with van der Waals surface area (Å²) in [4.78, 5) is 19.5. The van der Waals surface area contributed by atoms with Crippen molar-refractivity contribution in [2.75, 3.05) is 31.7 Å². The second-order valence-electron chi connectivity index (χ2n) is 13.5. The summed E-state index contributed by atoms with van der Waals surface area (Å²) in [5.74, 6) is 1.47. The molecule has 1 aliphatic carbocycles. The Morgan fingerprint density at radius 3 is 2.55 bits per heavy atom. The van der Waals surface area contributed by atoms with Gasteiger partial charge in [-0.3, -0.25) is 14.5 Å². The highest BCUT2D eigenvalue weighted by Gasteiger charge is 2.38. The first-order valence-corrected chi connectivity index (χ1v) is 19.2. The summed E-state index contributed by atoms with van der Waals surface area (Å²) in [6.45, 7) is 14.2. The molecule has 1 N–H and O–H groups in total. The number of aromatic nitrogens is 1. The van der Waals surface area contributed by atoms with Crippen LogP contribution in [-0.4, -0.2) is 53.3 Å². The number of amides is 1. The van der Waals surface area contributed by atoms with Gasteiger partial charge in [0.15, 0.2) is 0 Å². The average molecular weight is 708 g/mol. The molecule has 0 spiro atoms. The average Bonchev–Trinajstić information content (AvgIpc) is 3.24. The second-order valence-corrected chi connectivity index (χ2v) is 15.7. The number of nitrogens with zero attached hydrogens (tertiary/aromatic N) is 2. The van der Waals surface area contributed by atoms with Gasteiger partial charge in [-0.05, 0) is 124 Å². The number of nitrogens with one attached hydrogen (secondary N) is 1. The van der Waals surface area contributed by atoms with Gasteiger partial charge in [0.25, 0.3) is 5.91 Å². The van der Waals surface area contributed by atoms with Gasteiger partial charge in [-0.1, -0.05) is 50.1 Å². The van der Waals surface area contributed by atoms with E-state index in [1.54, 1.807) is 13.2 Å². The third-order valence-corrected chi connectivity index (χ3v) is 10.8. The van der Waals surface area contributed by atoms with Crippen molar-refractivity contribution in [1.29, 1.82) is 0 Å². The Hall–Kier alpha value is -3.20. The largest absolute Gasteiger partial charge is 0.491 e. The highest BCUT2D eigenvalue weighted by atomic mass is 35.5. The zero-order valence-corrected chi connectivity index (χ0v) is 31.8. The standard InChI is InChI=1S/C33H45ClN2O4S.C7H9N/c1-6-8-10-31(39-5)29-14-11-25(29)19-36-20-26(28-15-13-27(34)17-23(28)9-7-2)21-40-32-16-12-24(18-30(32)36)33(37)35-41(38)22(3)4;1-6-3-4-8-7(2)5-6/h8,10,12-13,15-18,22,25-26,29,31H,6-7,9,11,14,19-21H2,1-5H3,(H,35,37);3-5H,1-2H3/b10-8+;. The van der Waals surface area contributed by atoms with Gasteiger partial charge in [0.05, 0.1) is 18.4 Å². The van der Waals surface area contributed by atoms with E-state index in [2.05, 4.69) is 65.7 Å². The van der Waals surface area contributed by atoms with Gasteiger partial charge in [0.2, 0.25) is 0 Å². The molecule has 3 aromatic rings. The normalized spacial score (nSPS) is 19.9. The summed E-state index contributed by atoms with van der Waals surface area (Å²) < 4.78 is 27.3. The van der Waals surface area contributed by atoms with Gasteiger partial charge in [-0.2, -0.15) is 0 Å². The number of halogens is 1. The van der Waals surface area contributed by atoms with Gasteiger partial charge in [0, 0.05) is 53.8 Å². The van der Waals surface area contributed by atoms with Gasteiger partial charge in [0.1, 0.15) is 16.7 Å². The number of rotatable bonds is 12. The Morgan fingerprint density at radius 1 is 1.14 bits per heavy atom. The monoisotopic (exact) mass is 707 g/mol. The third kappa shape index (κ3) is 10.6. The first-order chi connectivity index (χ1) is 23.5. The molecule has 1 saturated carbocycles. The molecule has 5 rings (SSSR count). The number of pyridine rings is 1. The number of allylic oxidation sites excluding steroid dienone is 1. The topological polar surface area (TPSA) is 80.8 Å². The van der Waals surface area contributed by atoms with E-state index in [-0.39, 0.29) is 23.2 Å². The van der Waals surface area contributed by atoms with E-state index < -0.39 is 11.0 Å². The maximum atomic E-state index is 13.0. The van der Waals surface area contributed by atoms with E-state index in [1.165, 1.54) is 16.7 Å². The summed E-state index contributed by atoms with van der Waals surface area (Å²) in [6, 6.07) is 15.8. The maximum absolute atomic E-state index is 13.0. The van der Waals surface area contributed by atoms with Crippen LogP contribution in [0.15, 0.2) is 66.9 Å². The molecule has 5 atom stereocenters. The number of carbonyl (C=O) groups excluding carboxylic acids is 1. The lowest BCUT2D eigenvalue weighted by Gasteiger charge is -2.43. The molecule has 2 heterocycles. The van der Waals surface area contributed by atoms with Crippen molar-refractivity contribution in [2.24, 2.45) is 11.8 Å². The van der Waals surface area contributed by atoms with Crippen molar-refractivity contribution < 1.29 is 18.5 Å². The first kappa shape index (κ1) is 38.6. The van der Waals surface area contributed by atoms with Gasteiger partial charge >= 0.3 is 0 Å². The van der Waals surface area contributed by atoms with E-state index in [0.29, 0.717) is 24.0 Å². The molecule has 2 aliphatic rings. The predicted molar refractivity (Wildman–Crippen MR) is 203 cm³/mol. The number of ether oxygens (including phenoxy) is 2. The molecule has 49 heavy (non-hydrogen) atoms. The Bertz CT molecular complexity index is 1580. The number of benzene rings is 2. The molecule has 1 amide bonds. The van der Waals surface area contributed by atoms with Crippen molar-refractivity contribution in [1.82, 2.24) is 9.71 Å². The van der Waals surface area contributed by atoms with Crippen LogP contribution in [-0.2, 0) is 22.1 Å². The molecule has 1 fully saturated rings. The van der Waals surface area contributed by atoms with Crippen LogP contribution in [0.4, 0.5) is 5.69 Å². The third-order valence-electron chi connectivity index (χ3n) is 9.37. The summed E-state index contributed by atoms with van der Waals surface area (Å²) in [7, 11) is 0.354. The van der Waals surface area contributed by atoms with Crippen molar-refractivity contribution in [3.8, 4) is 5.75 Å². The Balaban J connectivity index is 0.000000592. The SMILES string of the molecule is CC/C=C/C(OC)C1CCC1CN1CC(c2ccc(Cl)cc2CCC)COc2ccc(C(=O)NS(=O)C(C)C)cc21.Cc1ccnc(C)c1. The zero-order chi connectivity index (χ0) is 35.5. The van der Waals surface area contributed by atoms with Gasteiger partial charge < -0.3 is 14.4 Å². The van der Waals surface area contributed by atoms with Crippen LogP contribution in [0.25, 0.3) is 0 Å². The van der Waals surface area contributed by atoms with Crippen LogP contribution in [0.3, 0.4) is 0 Å². The molecular formula is C40H54ClN3O4S. The molecule has 0 bridgehead atoms. The smallest absolute Gasteiger partial charge is 0.263 e. The predicted octanol–water partition coefficient (Wildman–Crippen LogP) is 8.78. The van der Waals surface area contributed by atoms with E-state index >= 15 is 0 Å². The van der Waals surface area contributed by atoms with Crippen LogP contribution >= 0.6 is 11.6 Å². The van der Waals surface area contributed by atoms with Crippen LogP contribution in [0.2, 0.25) is 5.02 Å². The molecule has 9 heteroatoms. The van der Waals surface area contributed by atoms with Crippen LogP contribution in [0.1, 0.15) is 92.0 Å². The summed E-state index contributed by atoms with van der Waals surface area (Å²) in [5.41, 5.74) is 6.29. The first-order valence-electron chi connectivity index (χ1n) is 17.6. The molecular weight excluding hydrogens is 654 g/mol. The number of carbonyl (C=O) groups is 1. The molecule has 0 saturated heterocycles. The lowest BCUT2D eigenvalue weighted by Crippen LogP contribution is -2.44. The molecule has 266 valence electrons. The minimum absolute atomic E-state index is 0.0998. The zero-order valence-electron chi connectivity index (χ0n) is 30.2. The molecule has 5 unspecified atom stereocenters. The lowest BCUT2D eigenvalue weighted by molar-refractivity contribution is 0.0135. The fraction of sp³-hybridized carbons (Fsp3) is 0.500. The van der Waals surface area contributed by atoms with Crippen LogP contribution < -0.4 is 14.4 Å².